The van der Waals surface area contributed by atoms with Gasteiger partial charge in [0.25, 0.3) is 5.91 Å². The van der Waals surface area contributed by atoms with Crippen LogP contribution >= 0.6 is 0 Å². The molecule has 0 saturated carbocycles. The Bertz CT molecular complexity index is 261. The highest BCUT2D eigenvalue weighted by Crippen LogP contribution is 1.96. The SMILES string of the molecule is C=CN1C/C=C/C=C\C=C\C1=O. The number of carbonyl (C=O) groups excluding carboxylic acids is 1. The minimum atomic E-state index is -0.0406. The fourth-order valence-electron chi connectivity index (χ4n) is 0.869. The first-order chi connectivity index (χ1) is 5.84. The van der Waals surface area contributed by atoms with Gasteiger partial charge in [0.2, 0.25) is 0 Å². The molecule has 0 spiro atoms. The normalized spacial score (nSPS) is 25.0. The van der Waals surface area contributed by atoms with Gasteiger partial charge in [0.1, 0.15) is 0 Å². The van der Waals surface area contributed by atoms with E-state index in [1.165, 1.54) is 12.3 Å². The Balaban J connectivity index is 2.79. The Morgan fingerprint density at radius 1 is 1.33 bits per heavy atom. The lowest BCUT2D eigenvalue weighted by molar-refractivity contribution is -0.123. The highest BCUT2D eigenvalue weighted by molar-refractivity contribution is 5.88. The molecule has 0 aromatic carbocycles. The van der Waals surface area contributed by atoms with E-state index in [0.29, 0.717) is 6.54 Å². The summed E-state index contributed by atoms with van der Waals surface area (Å²) in [6.45, 7) is 4.13. The fraction of sp³-hybridized carbons (Fsp3) is 0.100. The van der Waals surface area contributed by atoms with E-state index in [-0.39, 0.29) is 5.91 Å². The second-order valence-electron chi connectivity index (χ2n) is 2.35. The number of carbonyl (C=O) groups is 1. The zero-order chi connectivity index (χ0) is 8.81. The third-order valence-electron chi connectivity index (χ3n) is 1.51. The maximum atomic E-state index is 11.3. The summed E-state index contributed by atoms with van der Waals surface area (Å²) in [5.74, 6) is -0.0406. The fourth-order valence-corrected chi connectivity index (χ4v) is 0.869. The topological polar surface area (TPSA) is 20.3 Å². The molecule has 2 nitrogen and oxygen atoms in total. The lowest BCUT2D eigenvalue weighted by Crippen LogP contribution is -2.23. The van der Waals surface area contributed by atoms with Crippen molar-refractivity contribution in [3.05, 3.63) is 49.2 Å². The summed E-state index contributed by atoms with van der Waals surface area (Å²) in [4.78, 5) is 12.8. The molecule has 62 valence electrons. The monoisotopic (exact) mass is 161 g/mol. The molecule has 0 aromatic heterocycles. The first kappa shape index (κ1) is 8.53. The average Bonchev–Trinajstić information content (AvgIpc) is 2.17. The van der Waals surface area contributed by atoms with Crippen LogP contribution in [0.3, 0.4) is 0 Å². The van der Waals surface area contributed by atoms with Crippen molar-refractivity contribution in [1.82, 2.24) is 4.90 Å². The van der Waals surface area contributed by atoms with Crippen molar-refractivity contribution < 1.29 is 4.79 Å². The maximum Gasteiger partial charge on any atom is 0.250 e. The van der Waals surface area contributed by atoms with Crippen LogP contribution in [0.4, 0.5) is 0 Å². The molecule has 1 amide bonds. The molecule has 0 saturated heterocycles. The van der Waals surface area contributed by atoms with Crippen molar-refractivity contribution in [3.8, 4) is 0 Å². The van der Waals surface area contributed by atoms with Gasteiger partial charge in [-0.15, -0.1) is 0 Å². The van der Waals surface area contributed by atoms with Crippen molar-refractivity contribution in [2.24, 2.45) is 0 Å². The van der Waals surface area contributed by atoms with Gasteiger partial charge >= 0.3 is 0 Å². The van der Waals surface area contributed by atoms with Gasteiger partial charge in [0, 0.05) is 18.8 Å². The second-order valence-corrected chi connectivity index (χ2v) is 2.35. The molecule has 1 aliphatic heterocycles. The van der Waals surface area contributed by atoms with Gasteiger partial charge in [-0.3, -0.25) is 4.79 Å². The molecule has 0 aliphatic carbocycles. The molecule has 12 heavy (non-hydrogen) atoms. The van der Waals surface area contributed by atoms with Gasteiger partial charge in [-0.1, -0.05) is 37.0 Å². The van der Waals surface area contributed by atoms with Gasteiger partial charge in [-0.2, -0.15) is 0 Å². The predicted molar refractivity (Wildman–Crippen MR) is 49.3 cm³/mol. The van der Waals surface area contributed by atoms with E-state index in [1.807, 2.05) is 24.3 Å². The Kier molecular flexibility index (Phi) is 3.08. The van der Waals surface area contributed by atoms with Crippen molar-refractivity contribution >= 4 is 5.91 Å². The standard InChI is InChI=1S/C10H11NO/c1-2-11-9-7-5-3-4-6-8-10(11)12/h2-8H,1,9H2/b4-3-,7-5+,8-6+. The number of rotatable bonds is 1. The second kappa shape index (κ2) is 4.34. The van der Waals surface area contributed by atoms with Crippen LogP contribution in [-0.4, -0.2) is 17.4 Å². The summed E-state index contributed by atoms with van der Waals surface area (Å²) in [6, 6.07) is 0. The molecule has 0 fully saturated rings. The third kappa shape index (κ3) is 2.23. The van der Waals surface area contributed by atoms with E-state index >= 15 is 0 Å². The van der Waals surface area contributed by atoms with E-state index in [2.05, 4.69) is 6.58 Å². The third-order valence-corrected chi connectivity index (χ3v) is 1.51. The van der Waals surface area contributed by atoms with E-state index in [1.54, 1.807) is 11.0 Å². The zero-order valence-electron chi connectivity index (χ0n) is 6.81. The highest BCUT2D eigenvalue weighted by Gasteiger charge is 2.03. The molecule has 0 unspecified atom stereocenters. The molecule has 0 atom stereocenters. The number of hydrogen-bond donors (Lipinski definition) is 0. The molecule has 0 N–H and O–H groups in total. The number of amides is 1. The zero-order valence-corrected chi connectivity index (χ0v) is 6.81. The Hall–Kier alpha value is -1.57. The maximum absolute atomic E-state index is 11.3. The first-order valence-electron chi connectivity index (χ1n) is 3.77. The smallest absolute Gasteiger partial charge is 0.250 e. The van der Waals surface area contributed by atoms with E-state index in [4.69, 9.17) is 0 Å². The Morgan fingerprint density at radius 2 is 2.08 bits per heavy atom. The van der Waals surface area contributed by atoms with Crippen molar-refractivity contribution in [1.29, 1.82) is 0 Å². The highest BCUT2D eigenvalue weighted by atomic mass is 16.2. The molecule has 1 heterocycles. The molecule has 0 radical (unpaired) electrons. The average molecular weight is 161 g/mol. The first-order valence-corrected chi connectivity index (χ1v) is 3.77. The minimum Gasteiger partial charge on any atom is -0.312 e. The summed E-state index contributed by atoms with van der Waals surface area (Å²) in [5.41, 5.74) is 0. The van der Waals surface area contributed by atoms with Gasteiger partial charge in [-0.05, 0) is 0 Å². The summed E-state index contributed by atoms with van der Waals surface area (Å²) < 4.78 is 0. The van der Waals surface area contributed by atoms with E-state index in [0.717, 1.165) is 0 Å². The molecule has 0 bridgehead atoms. The van der Waals surface area contributed by atoms with E-state index in [9.17, 15) is 4.79 Å². The molecule has 1 rings (SSSR count). The molecular weight excluding hydrogens is 150 g/mol. The largest absolute Gasteiger partial charge is 0.312 e. The Morgan fingerprint density at radius 3 is 2.83 bits per heavy atom. The Labute approximate surface area is 72.2 Å². The number of hydrogen-bond acceptors (Lipinski definition) is 1. The molecule has 2 heteroatoms. The van der Waals surface area contributed by atoms with Gasteiger partial charge in [-0.25, -0.2) is 0 Å². The van der Waals surface area contributed by atoms with Crippen LogP contribution in [0.25, 0.3) is 0 Å². The van der Waals surface area contributed by atoms with E-state index < -0.39 is 0 Å². The van der Waals surface area contributed by atoms with Crippen LogP contribution in [-0.2, 0) is 4.79 Å². The van der Waals surface area contributed by atoms with Crippen LogP contribution < -0.4 is 0 Å². The number of nitrogens with zero attached hydrogens (tertiary/aromatic N) is 1. The van der Waals surface area contributed by atoms with Crippen molar-refractivity contribution in [3.63, 3.8) is 0 Å². The summed E-state index contributed by atoms with van der Waals surface area (Å²) in [6.07, 6.45) is 12.3. The molecular formula is C10H11NO. The van der Waals surface area contributed by atoms with Crippen LogP contribution in [0.2, 0.25) is 0 Å². The number of allylic oxidation sites excluding steroid dienone is 4. The minimum absolute atomic E-state index is 0.0406. The summed E-state index contributed by atoms with van der Waals surface area (Å²) >= 11 is 0. The van der Waals surface area contributed by atoms with Crippen LogP contribution in [0.1, 0.15) is 0 Å². The quantitative estimate of drug-likeness (QED) is 0.572. The summed E-state index contributed by atoms with van der Waals surface area (Å²) in [5, 5.41) is 0. The molecule has 0 aromatic rings. The van der Waals surface area contributed by atoms with Crippen LogP contribution in [0.15, 0.2) is 49.2 Å². The molecule has 1 aliphatic rings. The van der Waals surface area contributed by atoms with Gasteiger partial charge < -0.3 is 4.90 Å². The summed E-state index contributed by atoms with van der Waals surface area (Å²) in [7, 11) is 0. The van der Waals surface area contributed by atoms with Gasteiger partial charge in [0.05, 0.1) is 0 Å². The van der Waals surface area contributed by atoms with Crippen molar-refractivity contribution in [2.75, 3.05) is 6.54 Å². The van der Waals surface area contributed by atoms with Crippen LogP contribution in [0.5, 0.6) is 0 Å². The lowest BCUT2D eigenvalue weighted by Gasteiger charge is -2.12. The lowest BCUT2D eigenvalue weighted by atomic mass is 10.4. The van der Waals surface area contributed by atoms with Gasteiger partial charge in [0.15, 0.2) is 0 Å². The predicted octanol–water partition coefficient (Wildman–Crippen LogP) is 1.64. The van der Waals surface area contributed by atoms with Crippen molar-refractivity contribution in [2.45, 2.75) is 0 Å². The van der Waals surface area contributed by atoms with Crippen LogP contribution in [0, 0.1) is 0 Å².